The van der Waals surface area contributed by atoms with Crippen LogP contribution in [0.1, 0.15) is 5.56 Å². The molecule has 2 nitrogen and oxygen atoms in total. The minimum Gasteiger partial charge on any atom is -0.497 e. The molecule has 0 amide bonds. The average Bonchev–Trinajstić information content (AvgIpc) is 2.34. The third-order valence-corrected chi connectivity index (χ3v) is 3.78. The van der Waals surface area contributed by atoms with Gasteiger partial charge >= 0.3 is 0 Å². The maximum Gasteiger partial charge on any atom is 0.119 e. The van der Waals surface area contributed by atoms with Crippen molar-refractivity contribution in [1.82, 2.24) is 0 Å². The van der Waals surface area contributed by atoms with Gasteiger partial charge in [-0.1, -0.05) is 18.2 Å². The van der Waals surface area contributed by atoms with E-state index in [9.17, 15) is 0 Å². The highest BCUT2D eigenvalue weighted by atomic mass is 32.1. The summed E-state index contributed by atoms with van der Waals surface area (Å²) in [5.41, 5.74) is 1.23. The molecule has 0 radical (unpaired) electrons. The Bertz CT molecular complexity index is 561. The Morgan fingerprint density at radius 1 is 1.12 bits per heavy atom. The van der Waals surface area contributed by atoms with Gasteiger partial charge in [0, 0.05) is 0 Å². The second-order valence-corrected chi connectivity index (χ2v) is 5.31. The van der Waals surface area contributed by atoms with E-state index in [0.717, 1.165) is 5.75 Å². The smallest absolute Gasteiger partial charge is 0.119 e. The van der Waals surface area contributed by atoms with Crippen molar-refractivity contribution >= 4 is 23.4 Å². The van der Waals surface area contributed by atoms with Gasteiger partial charge in [0.1, 0.15) is 5.75 Å². The predicted octanol–water partition coefficient (Wildman–Crippen LogP) is 3.00. The zero-order chi connectivity index (χ0) is 11.9. The van der Waals surface area contributed by atoms with E-state index in [1.165, 1.54) is 16.3 Å². The molecule has 0 aromatic heterocycles. The largest absolute Gasteiger partial charge is 0.497 e. The maximum absolute atomic E-state index is 5.24. The zero-order valence-corrected chi connectivity index (χ0v) is 10.5. The van der Waals surface area contributed by atoms with Crippen molar-refractivity contribution in [3.8, 4) is 5.75 Å². The van der Waals surface area contributed by atoms with Crippen LogP contribution >= 0.6 is 12.6 Å². The highest BCUT2D eigenvalue weighted by molar-refractivity contribution is 7.81. The predicted molar refractivity (Wildman–Crippen MR) is 72.0 cm³/mol. The van der Waals surface area contributed by atoms with Crippen molar-refractivity contribution in [2.75, 3.05) is 20.3 Å². The lowest BCUT2D eigenvalue weighted by molar-refractivity contribution is -0.00963. The first-order valence-electron chi connectivity index (χ1n) is 5.60. The molecule has 3 rings (SSSR count). The summed E-state index contributed by atoms with van der Waals surface area (Å²) < 4.78 is 10.4. The second-order valence-electron chi connectivity index (χ2n) is 4.45. The van der Waals surface area contributed by atoms with Gasteiger partial charge in [-0.05, 0) is 34.5 Å². The number of thiol groups is 1. The first-order valence-corrected chi connectivity index (χ1v) is 6.04. The standard InChI is InChI=1S/C14H14O2S/c1-15-13-5-3-10-6-12(4-2-11(10)7-13)14(17)8-16-9-14/h2-7,17H,8-9H2,1H3. The number of benzene rings is 2. The van der Waals surface area contributed by atoms with Gasteiger partial charge in [0.25, 0.3) is 0 Å². The van der Waals surface area contributed by atoms with E-state index in [2.05, 4.69) is 36.9 Å². The highest BCUT2D eigenvalue weighted by Crippen LogP contribution is 2.37. The van der Waals surface area contributed by atoms with Crippen LogP contribution in [0, 0.1) is 0 Å². The molecule has 0 spiro atoms. The SMILES string of the molecule is COc1ccc2cc(C3(S)COC3)ccc2c1. The van der Waals surface area contributed by atoms with Crippen LogP contribution in [-0.4, -0.2) is 20.3 Å². The Labute approximate surface area is 106 Å². The summed E-state index contributed by atoms with van der Waals surface area (Å²) in [6, 6.07) is 12.5. The van der Waals surface area contributed by atoms with Crippen molar-refractivity contribution in [3.05, 3.63) is 42.0 Å². The van der Waals surface area contributed by atoms with Crippen LogP contribution in [0.4, 0.5) is 0 Å². The molecule has 0 N–H and O–H groups in total. The number of fused-ring (bicyclic) bond motifs is 1. The maximum atomic E-state index is 5.24. The topological polar surface area (TPSA) is 18.5 Å². The number of hydrogen-bond acceptors (Lipinski definition) is 3. The van der Waals surface area contributed by atoms with Gasteiger partial charge in [0.15, 0.2) is 0 Å². The Balaban J connectivity index is 2.07. The van der Waals surface area contributed by atoms with Crippen LogP contribution in [0.3, 0.4) is 0 Å². The monoisotopic (exact) mass is 246 g/mol. The minimum absolute atomic E-state index is 0.103. The summed E-state index contributed by atoms with van der Waals surface area (Å²) in [5, 5.41) is 2.40. The fourth-order valence-electron chi connectivity index (χ4n) is 2.10. The van der Waals surface area contributed by atoms with Gasteiger partial charge in [-0.15, -0.1) is 0 Å². The van der Waals surface area contributed by atoms with E-state index in [0.29, 0.717) is 13.2 Å². The molecule has 0 saturated carbocycles. The summed E-state index contributed by atoms with van der Waals surface area (Å²) in [4.78, 5) is 0. The van der Waals surface area contributed by atoms with Crippen molar-refractivity contribution in [2.24, 2.45) is 0 Å². The molecule has 2 aromatic rings. The molecule has 1 saturated heterocycles. The van der Waals surface area contributed by atoms with Gasteiger partial charge in [-0.3, -0.25) is 0 Å². The fraction of sp³-hybridized carbons (Fsp3) is 0.286. The van der Waals surface area contributed by atoms with Crippen LogP contribution in [0.5, 0.6) is 5.75 Å². The molecule has 0 atom stereocenters. The molecule has 1 aliphatic heterocycles. The van der Waals surface area contributed by atoms with Crippen molar-refractivity contribution in [2.45, 2.75) is 4.75 Å². The lowest BCUT2D eigenvalue weighted by atomic mass is 9.94. The molecule has 0 aliphatic carbocycles. The van der Waals surface area contributed by atoms with E-state index >= 15 is 0 Å². The quantitative estimate of drug-likeness (QED) is 0.821. The lowest BCUT2D eigenvalue weighted by Crippen LogP contribution is -2.41. The molecule has 17 heavy (non-hydrogen) atoms. The van der Waals surface area contributed by atoms with Gasteiger partial charge in [-0.2, -0.15) is 12.6 Å². The van der Waals surface area contributed by atoms with E-state index in [4.69, 9.17) is 9.47 Å². The molecule has 0 bridgehead atoms. The van der Waals surface area contributed by atoms with Crippen molar-refractivity contribution < 1.29 is 9.47 Å². The van der Waals surface area contributed by atoms with Gasteiger partial charge in [-0.25, -0.2) is 0 Å². The number of ether oxygens (including phenoxy) is 2. The zero-order valence-electron chi connectivity index (χ0n) is 9.64. The number of rotatable bonds is 2. The van der Waals surface area contributed by atoms with E-state index < -0.39 is 0 Å². The summed E-state index contributed by atoms with van der Waals surface area (Å²) in [6.07, 6.45) is 0. The van der Waals surface area contributed by atoms with Crippen LogP contribution in [0.25, 0.3) is 10.8 Å². The first kappa shape index (κ1) is 10.9. The molecule has 88 valence electrons. The third-order valence-electron chi connectivity index (χ3n) is 3.27. The summed E-state index contributed by atoms with van der Waals surface area (Å²) >= 11 is 4.68. The van der Waals surface area contributed by atoms with Crippen LogP contribution in [-0.2, 0) is 9.48 Å². The van der Waals surface area contributed by atoms with Gasteiger partial charge < -0.3 is 9.47 Å². The third kappa shape index (κ3) is 1.79. The van der Waals surface area contributed by atoms with Crippen LogP contribution in [0.15, 0.2) is 36.4 Å². The molecule has 0 unspecified atom stereocenters. The first-order chi connectivity index (χ1) is 8.21. The van der Waals surface area contributed by atoms with Crippen LogP contribution in [0.2, 0.25) is 0 Å². The molecule has 1 heterocycles. The molecular formula is C14H14O2S. The molecule has 1 aliphatic rings. The Morgan fingerprint density at radius 3 is 2.47 bits per heavy atom. The normalized spacial score (nSPS) is 17.8. The summed E-state index contributed by atoms with van der Waals surface area (Å²) in [5.74, 6) is 0.887. The number of hydrogen-bond donors (Lipinski definition) is 1. The van der Waals surface area contributed by atoms with Gasteiger partial charge in [0.2, 0.25) is 0 Å². The van der Waals surface area contributed by atoms with Crippen molar-refractivity contribution in [1.29, 1.82) is 0 Å². The Kier molecular flexibility index (Phi) is 2.53. The van der Waals surface area contributed by atoms with Crippen LogP contribution < -0.4 is 4.74 Å². The molecule has 2 aromatic carbocycles. The van der Waals surface area contributed by atoms with E-state index in [1.54, 1.807) is 7.11 Å². The Morgan fingerprint density at radius 2 is 1.82 bits per heavy atom. The summed E-state index contributed by atoms with van der Waals surface area (Å²) in [6.45, 7) is 1.38. The summed E-state index contributed by atoms with van der Waals surface area (Å²) in [7, 11) is 1.68. The lowest BCUT2D eigenvalue weighted by Gasteiger charge is -2.37. The van der Waals surface area contributed by atoms with Crippen molar-refractivity contribution in [3.63, 3.8) is 0 Å². The minimum atomic E-state index is -0.103. The molecule has 1 fully saturated rings. The highest BCUT2D eigenvalue weighted by Gasteiger charge is 2.36. The van der Waals surface area contributed by atoms with E-state index in [-0.39, 0.29) is 4.75 Å². The Hall–Kier alpha value is -1.19. The fourth-order valence-corrected chi connectivity index (χ4v) is 2.42. The average molecular weight is 246 g/mol. The molecular weight excluding hydrogens is 232 g/mol. The second kappa shape index (κ2) is 3.93. The van der Waals surface area contributed by atoms with Gasteiger partial charge in [0.05, 0.1) is 25.1 Å². The van der Waals surface area contributed by atoms with E-state index in [1.807, 2.05) is 12.1 Å². The molecule has 3 heteroatoms. The number of methoxy groups -OCH3 is 1.